The van der Waals surface area contributed by atoms with Crippen LogP contribution in [-0.2, 0) is 0 Å². The van der Waals surface area contributed by atoms with E-state index in [2.05, 4.69) is 31.2 Å². The maximum Gasteiger partial charge on any atom is 0.139 e. The summed E-state index contributed by atoms with van der Waals surface area (Å²) in [4.78, 5) is 8.42. The summed E-state index contributed by atoms with van der Waals surface area (Å²) in [6.45, 7) is 3.66. The third-order valence-corrected chi connectivity index (χ3v) is 3.30. The van der Waals surface area contributed by atoms with Crippen LogP contribution in [0.25, 0.3) is 0 Å². The minimum absolute atomic E-state index is 0.469. The van der Waals surface area contributed by atoms with Crippen molar-refractivity contribution < 1.29 is 0 Å². The molecule has 0 radical (unpaired) electrons. The topological polar surface area (TPSA) is 63.8 Å². The average molecular weight is 328 g/mol. The molecule has 0 aliphatic rings. The number of nitrogens with two attached hydrogens (primary N) is 1. The lowest BCUT2D eigenvalue weighted by atomic mass is 10.2. The Morgan fingerprint density at radius 2 is 2.00 bits per heavy atom. The standard InChI is InChI=1S/C12H12BrClN4/c1-6-11(15)16-7(2)17-12(6)18-10-5-8(13)3-4-9(10)14/h3-5H,1-2H3,(H3,15,16,17,18). The lowest BCUT2D eigenvalue weighted by Crippen LogP contribution is -2.05. The fraction of sp³-hybridized carbons (Fsp3) is 0.167. The third-order valence-electron chi connectivity index (χ3n) is 2.48. The predicted molar refractivity (Wildman–Crippen MR) is 78.4 cm³/mol. The van der Waals surface area contributed by atoms with Crippen molar-refractivity contribution in [1.29, 1.82) is 0 Å². The number of nitrogen functional groups attached to an aromatic ring is 1. The average Bonchev–Trinajstić information content (AvgIpc) is 2.30. The van der Waals surface area contributed by atoms with Crippen molar-refractivity contribution in [2.75, 3.05) is 11.1 Å². The number of hydrogen-bond donors (Lipinski definition) is 2. The van der Waals surface area contributed by atoms with Crippen molar-refractivity contribution in [3.05, 3.63) is 39.1 Å². The number of benzene rings is 1. The second-order valence-corrected chi connectivity index (χ2v) is 5.20. The fourth-order valence-corrected chi connectivity index (χ4v) is 2.02. The first-order valence-electron chi connectivity index (χ1n) is 5.30. The lowest BCUT2D eigenvalue weighted by molar-refractivity contribution is 1.04. The molecule has 0 amide bonds. The number of hydrogen-bond acceptors (Lipinski definition) is 4. The highest BCUT2D eigenvalue weighted by Gasteiger charge is 2.09. The maximum atomic E-state index is 6.12. The SMILES string of the molecule is Cc1nc(N)c(C)c(Nc2cc(Br)ccc2Cl)n1. The van der Waals surface area contributed by atoms with Crippen LogP contribution in [0.3, 0.4) is 0 Å². The molecule has 0 atom stereocenters. The van der Waals surface area contributed by atoms with Gasteiger partial charge in [-0.2, -0.15) is 0 Å². The number of anilines is 3. The highest BCUT2D eigenvalue weighted by Crippen LogP contribution is 2.29. The molecule has 0 aliphatic heterocycles. The number of rotatable bonds is 2. The summed E-state index contributed by atoms with van der Waals surface area (Å²) in [6, 6.07) is 5.57. The minimum Gasteiger partial charge on any atom is -0.383 e. The van der Waals surface area contributed by atoms with E-state index >= 15 is 0 Å². The van der Waals surface area contributed by atoms with Crippen molar-refractivity contribution in [3.63, 3.8) is 0 Å². The quantitative estimate of drug-likeness (QED) is 0.879. The van der Waals surface area contributed by atoms with Gasteiger partial charge in [0.25, 0.3) is 0 Å². The Balaban J connectivity index is 2.43. The van der Waals surface area contributed by atoms with Gasteiger partial charge in [0.05, 0.1) is 10.7 Å². The van der Waals surface area contributed by atoms with E-state index in [9.17, 15) is 0 Å². The van der Waals surface area contributed by atoms with Gasteiger partial charge in [0, 0.05) is 10.0 Å². The Hall–Kier alpha value is -1.33. The van der Waals surface area contributed by atoms with Crippen LogP contribution < -0.4 is 11.1 Å². The van der Waals surface area contributed by atoms with E-state index in [0.29, 0.717) is 22.5 Å². The molecule has 0 bridgehead atoms. The van der Waals surface area contributed by atoms with E-state index in [1.807, 2.05) is 19.1 Å². The summed E-state index contributed by atoms with van der Waals surface area (Å²) in [6.07, 6.45) is 0. The minimum atomic E-state index is 0.469. The van der Waals surface area contributed by atoms with Gasteiger partial charge < -0.3 is 11.1 Å². The van der Waals surface area contributed by atoms with Gasteiger partial charge in [-0.15, -0.1) is 0 Å². The highest BCUT2D eigenvalue weighted by molar-refractivity contribution is 9.10. The molecule has 3 N–H and O–H groups in total. The van der Waals surface area contributed by atoms with Crippen LogP contribution in [0, 0.1) is 13.8 Å². The Bertz CT molecular complexity index is 601. The molecule has 0 saturated carbocycles. The zero-order chi connectivity index (χ0) is 13.3. The Kier molecular flexibility index (Phi) is 3.73. The predicted octanol–water partition coefficient (Wildman–Crippen LogP) is 3.84. The molecule has 0 spiro atoms. The van der Waals surface area contributed by atoms with Crippen molar-refractivity contribution in [3.8, 4) is 0 Å². The molecule has 0 saturated heterocycles. The monoisotopic (exact) mass is 326 g/mol. The van der Waals surface area contributed by atoms with E-state index in [1.54, 1.807) is 13.0 Å². The molecule has 18 heavy (non-hydrogen) atoms. The molecule has 2 rings (SSSR count). The van der Waals surface area contributed by atoms with Gasteiger partial charge in [-0.1, -0.05) is 27.5 Å². The molecule has 4 nitrogen and oxygen atoms in total. The van der Waals surface area contributed by atoms with Gasteiger partial charge in [0.15, 0.2) is 0 Å². The Morgan fingerprint density at radius 3 is 2.72 bits per heavy atom. The molecule has 0 aliphatic carbocycles. The zero-order valence-electron chi connectivity index (χ0n) is 9.96. The van der Waals surface area contributed by atoms with Crippen LogP contribution in [0.4, 0.5) is 17.3 Å². The maximum absolute atomic E-state index is 6.12. The van der Waals surface area contributed by atoms with Crippen LogP contribution in [0.1, 0.15) is 11.4 Å². The first-order valence-corrected chi connectivity index (χ1v) is 6.47. The van der Waals surface area contributed by atoms with Crippen LogP contribution in [0.2, 0.25) is 5.02 Å². The van der Waals surface area contributed by atoms with Crippen molar-refractivity contribution in [2.24, 2.45) is 0 Å². The smallest absolute Gasteiger partial charge is 0.139 e. The van der Waals surface area contributed by atoms with Gasteiger partial charge in [-0.3, -0.25) is 0 Å². The van der Waals surface area contributed by atoms with E-state index in [1.165, 1.54) is 0 Å². The van der Waals surface area contributed by atoms with Crippen molar-refractivity contribution in [1.82, 2.24) is 9.97 Å². The number of aromatic nitrogens is 2. The molecule has 0 fully saturated rings. The summed E-state index contributed by atoms with van der Waals surface area (Å²) in [5, 5.41) is 3.79. The summed E-state index contributed by atoms with van der Waals surface area (Å²) in [5.74, 6) is 1.75. The molecule has 1 aromatic heterocycles. The van der Waals surface area contributed by atoms with Crippen molar-refractivity contribution >= 4 is 44.9 Å². The number of halogens is 2. The number of aryl methyl sites for hydroxylation is 1. The molecule has 2 aromatic rings. The first kappa shape index (κ1) is 13.1. The third kappa shape index (κ3) is 2.73. The zero-order valence-corrected chi connectivity index (χ0v) is 12.3. The van der Waals surface area contributed by atoms with Gasteiger partial charge in [0.2, 0.25) is 0 Å². The molecule has 0 unspecified atom stereocenters. The Morgan fingerprint density at radius 1 is 1.28 bits per heavy atom. The van der Waals surface area contributed by atoms with E-state index in [4.69, 9.17) is 17.3 Å². The largest absolute Gasteiger partial charge is 0.383 e. The second kappa shape index (κ2) is 5.12. The van der Waals surface area contributed by atoms with Gasteiger partial charge >= 0.3 is 0 Å². The van der Waals surface area contributed by atoms with Crippen LogP contribution >= 0.6 is 27.5 Å². The summed E-state index contributed by atoms with van der Waals surface area (Å²) in [5.41, 5.74) is 7.38. The number of nitrogens with one attached hydrogen (secondary N) is 1. The summed E-state index contributed by atoms with van der Waals surface area (Å²) in [7, 11) is 0. The lowest BCUT2D eigenvalue weighted by Gasteiger charge is -2.12. The molecular formula is C12H12BrClN4. The van der Waals surface area contributed by atoms with Gasteiger partial charge in [-0.25, -0.2) is 9.97 Å². The molecule has 1 heterocycles. The van der Waals surface area contributed by atoms with E-state index in [-0.39, 0.29) is 0 Å². The molecule has 94 valence electrons. The second-order valence-electron chi connectivity index (χ2n) is 3.88. The van der Waals surface area contributed by atoms with Crippen LogP contribution in [0.5, 0.6) is 0 Å². The Labute approximate surface area is 119 Å². The highest BCUT2D eigenvalue weighted by atomic mass is 79.9. The number of nitrogens with zero attached hydrogens (tertiary/aromatic N) is 2. The summed E-state index contributed by atoms with van der Waals surface area (Å²) >= 11 is 9.52. The normalized spacial score (nSPS) is 10.4. The van der Waals surface area contributed by atoms with Gasteiger partial charge in [-0.05, 0) is 32.0 Å². The molecular weight excluding hydrogens is 316 g/mol. The van der Waals surface area contributed by atoms with Crippen LogP contribution in [-0.4, -0.2) is 9.97 Å². The van der Waals surface area contributed by atoms with Crippen LogP contribution in [0.15, 0.2) is 22.7 Å². The van der Waals surface area contributed by atoms with E-state index < -0.39 is 0 Å². The fourth-order valence-electron chi connectivity index (χ4n) is 1.49. The van der Waals surface area contributed by atoms with Gasteiger partial charge in [0.1, 0.15) is 17.5 Å². The first-order chi connectivity index (χ1) is 8.47. The van der Waals surface area contributed by atoms with E-state index in [0.717, 1.165) is 15.7 Å². The summed E-state index contributed by atoms with van der Waals surface area (Å²) < 4.78 is 0.936. The van der Waals surface area contributed by atoms with Crippen molar-refractivity contribution in [2.45, 2.75) is 13.8 Å². The molecule has 6 heteroatoms. The molecule has 1 aromatic carbocycles.